The zero-order valence-corrected chi connectivity index (χ0v) is 14.0. The normalized spacial score (nSPS) is 14.4. The summed E-state index contributed by atoms with van der Waals surface area (Å²) in [5, 5.41) is 2.64. The van der Waals surface area contributed by atoms with Gasteiger partial charge in [0.25, 0.3) is 5.56 Å². The number of carbonyl (C=O) groups excluding carboxylic acids is 2. The average Bonchev–Trinajstić information content (AvgIpc) is 2.61. The highest BCUT2D eigenvalue weighted by atomic mass is 16.2. The number of nitrogens with zero attached hydrogens (tertiary/aromatic N) is 2. The van der Waals surface area contributed by atoms with Crippen molar-refractivity contribution in [3.8, 4) is 0 Å². The highest BCUT2D eigenvalue weighted by Gasteiger charge is 2.20. The Morgan fingerprint density at radius 2 is 1.84 bits per heavy atom. The van der Waals surface area contributed by atoms with Gasteiger partial charge in [0.15, 0.2) is 0 Å². The van der Waals surface area contributed by atoms with Crippen LogP contribution in [0, 0.1) is 0 Å². The van der Waals surface area contributed by atoms with E-state index in [2.05, 4.69) is 5.32 Å². The summed E-state index contributed by atoms with van der Waals surface area (Å²) in [6, 6.07) is 13.0. The van der Waals surface area contributed by atoms with Crippen molar-refractivity contribution < 1.29 is 9.59 Å². The van der Waals surface area contributed by atoms with Gasteiger partial charge >= 0.3 is 0 Å². The SMILES string of the molecule is O=C(CN1CCCCC1=O)Nc1cccn(Cc2ccccc2)c1=O. The molecule has 1 saturated heterocycles. The van der Waals surface area contributed by atoms with E-state index in [-0.39, 0.29) is 29.6 Å². The third kappa shape index (κ3) is 4.35. The highest BCUT2D eigenvalue weighted by Crippen LogP contribution is 2.10. The lowest BCUT2D eigenvalue weighted by Crippen LogP contribution is -2.41. The molecule has 130 valence electrons. The van der Waals surface area contributed by atoms with Gasteiger partial charge in [-0.15, -0.1) is 0 Å². The van der Waals surface area contributed by atoms with Gasteiger partial charge in [0.2, 0.25) is 11.8 Å². The molecule has 0 bridgehead atoms. The first-order valence-electron chi connectivity index (χ1n) is 8.44. The van der Waals surface area contributed by atoms with E-state index in [1.165, 1.54) is 0 Å². The van der Waals surface area contributed by atoms with Crippen LogP contribution in [0.5, 0.6) is 0 Å². The maximum Gasteiger partial charge on any atom is 0.274 e. The Balaban J connectivity index is 1.68. The van der Waals surface area contributed by atoms with E-state index in [1.54, 1.807) is 27.8 Å². The second kappa shape index (κ2) is 7.79. The van der Waals surface area contributed by atoms with Gasteiger partial charge in [-0.25, -0.2) is 0 Å². The number of pyridine rings is 1. The number of aromatic nitrogens is 1. The minimum atomic E-state index is -0.343. The molecule has 25 heavy (non-hydrogen) atoms. The molecule has 1 N–H and O–H groups in total. The molecule has 1 aliphatic heterocycles. The predicted molar refractivity (Wildman–Crippen MR) is 95.3 cm³/mol. The molecule has 0 unspecified atom stereocenters. The summed E-state index contributed by atoms with van der Waals surface area (Å²) in [4.78, 5) is 38.1. The molecular weight excluding hydrogens is 318 g/mol. The highest BCUT2D eigenvalue weighted by molar-refractivity contribution is 5.94. The Morgan fingerprint density at radius 1 is 1.04 bits per heavy atom. The predicted octanol–water partition coefficient (Wildman–Crippen LogP) is 1.85. The number of rotatable bonds is 5. The monoisotopic (exact) mass is 339 g/mol. The number of hydrogen-bond acceptors (Lipinski definition) is 3. The van der Waals surface area contributed by atoms with E-state index in [9.17, 15) is 14.4 Å². The number of piperidine rings is 1. The molecule has 1 fully saturated rings. The standard InChI is InChI=1S/C19H21N3O3/c23-17(14-21-11-5-4-10-18(21)24)20-16-9-6-12-22(19(16)25)13-15-7-2-1-3-8-15/h1-3,6-9,12H,4-5,10-11,13-14H2,(H,20,23). The molecule has 2 amide bonds. The molecule has 3 rings (SSSR count). The molecule has 1 aromatic carbocycles. The Morgan fingerprint density at radius 3 is 2.60 bits per heavy atom. The Kier molecular flexibility index (Phi) is 5.28. The lowest BCUT2D eigenvalue weighted by molar-refractivity contribution is -0.136. The van der Waals surface area contributed by atoms with Crippen molar-refractivity contribution in [2.45, 2.75) is 25.8 Å². The lowest BCUT2D eigenvalue weighted by atomic mass is 10.1. The molecule has 6 heteroatoms. The van der Waals surface area contributed by atoms with Gasteiger partial charge in [0.05, 0.1) is 13.1 Å². The average molecular weight is 339 g/mol. The summed E-state index contributed by atoms with van der Waals surface area (Å²) in [7, 11) is 0. The Labute approximate surface area is 146 Å². The van der Waals surface area contributed by atoms with E-state index in [0.717, 1.165) is 18.4 Å². The number of likely N-dealkylation sites (tertiary alicyclic amines) is 1. The fourth-order valence-corrected chi connectivity index (χ4v) is 2.93. The van der Waals surface area contributed by atoms with Crippen molar-refractivity contribution >= 4 is 17.5 Å². The number of hydrogen-bond donors (Lipinski definition) is 1. The minimum Gasteiger partial charge on any atom is -0.333 e. The summed E-state index contributed by atoms with van der Waals surface area (Å²) < 4.78 is 1.55. The Bertz CT molecular complexity index is 814. The zero-order valence-electron chi connectivity index (χ0n) is 14.0. The maximum atomic E-state index is 12.5. The lowest BCUT2D eigenvalue weighted by Gasteiger charge is -2.25. The zero-order chi connectivity index (χ0) is 17.6. The summed E-state index contributed by atoms with van der Waals surface area (Å²) in [5.41, 5.74) is 0.976. The minimum absolute atomic E-state index is 0.00375. The number of amides is 2. The van der Waals surface area contributed by atoms with E-state index in [4.69, 9.17) is 0 Å². The van der Waals surface area contributed by atoms with Gasteiger partial charge in [0.1, 0.15) is 5.69 Å². The summed E-state index contributed by atoms with van der Waals surface area (Å²) in [5.74, 6) is -0.347. The first-order valence-corrected chi connectivity index (χ1v) is 8.44. The largest absolute Gasteiger partial charge is 0.333 e. The van der Waals surface area contributed by atoms with Gasteiger partial charge in [-0.1, -0.05) is 30.3 Å². The van der Waals surface area contributed by atoms with E-state index in [1.807, 2.05) is 30.3 Å². The van der Waals surface area contributed by atoms with Crippen LogP contribution in [-0.2, 0) is 16.1 Å². The van der Waals surface area contributed by atoms with Crippen molar-refractivity contribution in [3.63, 3.8) is 0 Å². The maximum absolute atomic E-state index is 12.5. The number of anilines is 1. The molecule has 2 aromatic rings. The van der Waals surface area contributed by atoms with Gasteiger partial charge in [-0.05, 0) is 30.5 Å². The Hall–Kier alpha value is -2.89. The van der Waals surface area contributed by atoms with E-state index < -0.39 is 0 Å². The van der Waals surface area contributed by atoms with Gasteiger partial charge in [-0.3, -0.25) is 14.4 Å². The third-order valence-corrected chi connectivity index (χ3v) is 4.25. The summed E-state index contributed by atoms with van der Waals surface area (Å²) >= 11 is 0. The first-order chi connectivity index (χ1) is 12.1. The van der Waals surface area contributed by atoms with Crippen LogP contribution in [0.3, 0.4) is 0 Å². The molecule has 0 radical (unpaired) electrons. The summed E-state index contributed by atoms with van der Waals surface area (Å²) in [6.45, 7) is 1.03. The van der Waals surface area contributed by atoms with Crippen LogP contribution in [0.2, 0.25) is 0 Å². The van der Waals surface area contributed by atoms with Crippen LogP contribution in [0.1, 0.15) is 24.8 Å². The van der Waals surface area contributed by atoms with Crippen molar-refractivity contribution in [1.82, 2.24) is 9.47 Å². The number of nitrogens with one attached hydrogen (secondary N) is 1. The van der Waals surface area contributed by atoms with E-state index in [0.29, 0.717) is 19.5 Å². The second-order valence-electron chi connectivity index (χ2n) is 6.16. The third-order valence-electron chi connectivity index (χ3n) is 4.25. The van der Waals surface area contributed by atoms with Crippen molar-refractivity contribution in [1.29, 1.82) is 0 Å². The molecular formula is C19H21N3O3. The van der Waals surface area contributed by atoms with Crippen LogP contribution < -0.4 is 10.9 Å². The fourth-order valence-electron chi connectivity index (χ4n) is 2.93. The molecule has 2 heterocycles. The molecule has 0 saturated carbocycles. The van der Waals surface area contributed by atoms with Crippen LogP contribution in [-0.4, -0.2) is 34.4 Å². The number of carbonyl (C=O) groups is 2. The topological polar surface area (TPSA) is 71.4 Å². The molecule has 0 spiro atoms. The van der Waals surface area contributed by atoms with Crippen molar-refractivity contribution in [2.24, 2.45) is 0 Å². The second-order valence-corrected chi connectivity index (χ2v) is 6.16. The quantitative estimate of drug-likeness (QED) is 0.904. The molecule has 0 atom stereocenters. The summed E-state index contributed by atoms with van der Waals surface area (Å²) in [6.07, 6.45) is 3.97. The molecule has 6 nitrogen and oxygen atoms in total. The number of benzene rings is 1. The molecule has 1 aliphatic rings. The van der Waals surface area contributed by atoms with Gasteiger partial charge in [0, 0.05) is 19.2 Å². The van der Waals surface area contributed by atoms with Crippen LogP contribution in [0.25, 0.3) is 0 Å². The molecule has 1 aromatic heterocycles. The van der Waals surface area contributed by atoms with Crippen molar-refractivity contribution in [3.05, 3.63) is 64.6 Å². The van der Waals surface area contributed by atoms with Crippen molar-refractivity contribution in [2.75, 3.05) is 18.4 Å². The fraction of sp³-hybridized carbons (Fsp3) is 0.316. The van der Waals surface area contributed by atoms with Crippen LogP contribution in [0.15, 0.2) is 53.5 Å². The van der Waals surface area contributed by atoms with Gasteiger partial charge in [-0.2, -0.15) is 0 Å². The smallest absolute Gasteiger partial charge is 0.274 e. The van der Waals surface area contributed by atoms with Crippen LogP contribution >= 0.6 is 0 Å². The first kappa shape index (κ1) is 17.0. The van der Waals surface area contributed by atoms with Gasteiger partial charge < -0.3 is 14.8 Å². The molecule has 0 aliphatic carbocycles. The van der Waals surface area contributed by atoms with Crippen LogP contribution in [0.4, 0.5) is 5.69 Å². The van der Waals surface area contributed by atoms with E-state index >= 15 is 0 Å².